The van der Waals surface area contributed by atoms with E-state index in [9.17, 15) is 19.5 Å². The van der Waals surface area contributed by atoms with E-state index in [1.165, 1.54) is 0 Å². The number of benzene rings is 2. The van der Waals surface area contributed by atoms with E-state index in [4.69, 9.17) is 4.74 Å². The van der Waals surface area contributed by atoms with Crippen LogP contribution in [0.3, 0.4) is 0 Å². The highest BCUT2D eigenvalue weighted by molar-refractivity contribution is 6.08. The predicted molar refractivity (Wildman–Crippen MR) is 130 cm³/mol. The lowest BCUT2D eigenvalue weighted by Gasteiger charge is -2.31. The number of phenolic OH excluding ortho intramolecular Hbond substituents is 1. The molecule has 1 aliphatic carbocycles. The Labute approximate surface area is 203 Å². The molecule has 35 heavy (non-hydrogen) atoms. The Morgan fingerprint density at radius 2 is 1.89 bits per heavy atom. The van der Waals surface area contributed by atoms with Gasteiger partial charge in [0.2, 0.25) is 0 Å². The molecule has 2 aromatic rings. The van der Waals surface area contributed by atoms with E-state index in [0.29, 0.717) is 30.7 Å². The zero-order valence-electron chi connectivity index (χ0n) is 19.5. The van der Waals surface area contributed by atoms with Gasteiger partial charge in [-0.25, -0.2) is 4.79 Å². The minimum absolute atomic E-state index is 0.0899. The van der Waals surface area contributed by atoms with Crippen molar-refractivity contribution in [1.82, 2.24) is 15.5 Å². The first-order valence-electron chi connectivity index (χ1n) is 11.7. The molecule has 3 N–H and O–H groups in total. The lowest BCUT2D eigenvalue weighted by atomic mass is 9.86. The van der Waals surface area contributed by atoms with Crippen molar-refractivity contribution in [2.24, 2.45) is 0 Å². The van der Waals surface area contributed by atoms with Crippen molar-refractivity contribution in [2.45, 2.75) is 37.8 Å². The number of imide groups is 1. The quantitative estimate of drug-likeness (QED) is 0.534. The Bertz CT molecular complexity index is 1280. The topological polar surface area (TPSA) is 108 Å². The molecule has 1 saturated heterocycles. The number of rotatable bonds is 7. The van der Waals surface area contributed by atoms with Gasteiger partial charge in [-0.1, -0.05) is 42.0 Å². The number of aromatic hydroxyl groups is 1. The van der Waals surface area contributed by atoms with Gasteiger partial charge in [-0.15, -0.1) is 0 Å². The molecular formula is C27H27N3O5. The fraction of sp³-hybridized carbons (Fsp3) is 0.296. The molecule has 1 atom stereocenters. The fourth-order valence-electron chi connectivity index (χ4n) is 5.05. The molecule has 0 bridgehead atoms. The van der Waals surface area contributed by atoms with Crippen LogP contribution in [0, 0.1) is 0 Å². The Balaban J connectivity index is 1.32. The molecule has 4 amide bonds. The standard InChI is InChI=1S/C27H27N3O5/c1-35-20-11-10-19-15-30(24(32)22(19)14-20)16-27(25(33)28-26(34)29-27)13-12-17-6-8-18(9-7-17)21-4-2-3-5-23(21)31/h2-6,8,10-11,14,31H,7,9,12-13,15-16H2,1H3,(H2,28,29,33,34)/t27-/m1/s1. The van der Waals surface area contributed by atoms with Gasteiger partial charge in [0.05, 0.1) is 13.7 Å². The number of ether oxygens (including phenoxy) is 1. The summed E-state index contributed by atoms with van der Waals surface area (Å²) in [6.07, 6.45) is 6.57. The average molecular weight is 474 g/mol. The number of nitrogens with one attached hydrogen (secondary N) is 2. The second-order valence-corrected chi connectivity index (χ2v) is 9.21. The van der Waals surface area contributed by atoms with Gasteiger partial charge in [0, 0.05) is 17.7 Å². The van der Waals surface area contributed by atoms with Crippen LogP contribution in [0.25, 0.3) is 5.57 Å². The summed E-state index contributed by atoms with van der Waals surface area (Å²) < 4.78 is 5.24. The molecule has 0 spiro atoms. The largest absolute Gasteiger partial charge is 0.507 e. The lowest BCUT2D eigenvalue weighted by molar-refractivity contribution is -0.124. The van der Waals surface area contributed by atoms with Crippen LogP contribution < -0.4 is 15.4 Å². The number of nitrogens with zero attached hydrogens (tertiary/aromatic N) is 1. The van der Waals surface area contributed by atoms with Crippen molar-refractivity contribution in [3.8, 4) is 11.5 Å². The van der Waals surface area contributed by atoms with Crippen LogP contribution in [0.4, 0.5) is 4.79 Å². The molecule has 0 radical (unpaired) electrons. The molecule has 5 rings (SSSR count). The zero-order valence-corrected chi connectivity index (χ0v) is 19.5. The highest BCUT2D eigenvalue weighted by atomic mass is 16.5. The van der Waals surface area contributed by atoms with Crippen molar-refractivity contribution in [1.29, 1.82) is 0 Å². The Kier molecular flexibility index (Phi) is 5.80. The Hall–Kier alpha value is -4.07. The molecule has 2 aromatic carbocycles. The van der Waals surface area contributed by atoms with Gasteiger partial charge in [-0.2, -0.15) is 0 Å². The first-order valence-corrected chi connectivity index (χ1v) is 11.7. The maximum atomic E-state index is 13.1. The molecule has 2 aliphatic heterocycles. The summed E-state index contributed by atoms with van der Waals surface area (Å²) in [5.41, 5.74) is 3.27. The van der Waals surface area contributed by atoms with E-state index in [2.05, 4.69) is 10.6 Å². The second-order valence-electron chi connectivity index (χ2n) is 9.21. The zero-order chi connectivity index (χ0) is 24.6. The number of urea groups is 1. The molecule has 0 unspecified atom stereocenters. The van der Waals surface area contributed by atoms with Crippen LogP contribution in [0.2, 0.25) is 0 Å². The van der Waals surface area contributed by atoms with Crippen molar-refractivity contribution >= 4 is 23.4 Å². The van der Waals surface area contributed by atoms with Crippen LogP contribution in [0.1, 0.15) is 47.2 Å². The summed E-state index contributed by atoms with van der Waals surface area (Å²) in [4.78, 5) is 39.7. The van der Waals surface area contributed by atoms with Crippen LogP contribution in [-0.2, 0) is 11.3 Å². The molecule has 180 valence electrons. The molecule has 2 heterocycles. The summed E-state index contributed by atoms with van der Waals surface area (Å²) in [5.74, 6) is 0.264. The fourth-order valence-corrected chi connectivity index (χ4v) is 5.05. The number of carbonyl (C=O) groups excluding carboxylic acids is 3. The van der Waals surface area contributed by atoms with Gasteiger partial charge in [0.15, 0.2) is 0 Å². The van der Waals surface area contributed by atoms with Crippen molar-refractivity contribution in [3.05, 3.63) is 76.9 Å². The summed E-state index contributed by atoms with van der Waals surface area (Å²) in [6.45, 7) is 0.463. The van der Waals surface area contributed by atoms with Crippen LogP contribution in [-0.4, -0.2) is 47.0 Å². The first-order chi connectivity index (χ1) is 16.9. The number of amides is 4. The normalized spacial score (nSPS) is 21.3. The molecule has 0 aromatic heterocycles. The molecule has 8 nitrogen and oxygen atoms in total. The number of hydrogen-bond acceptors (Lipinski definition) is 5. The number of methoxy groups -OCH3 is 1. The van der Waals surface area contributed by atoms with Gasteiger partial charge >= 0.3 is 6.03 Å². The van der Waals surface area contributed by atoms with Gasteiger partial charge in [-0.3, -0.25) is 14.9 Å². The van der Waals surface area contributed by atoms with Crippen LogP contribution in [0.5, 0.6) is 11.5 Å². The third-order valence-corrected chi connectivity index (χ3v) is 7.03. The summed E-state index contributed by atoms with van der Waals surface area (Å²) in [7, 11) is 1.55. The predicted octanol–water partition coefficient (Wildman–Crippen LogP) is 3.52. The number of fused-ring (bicyclic) bond motifs is 1. The first kappa shape index (κ1) is 22.7. The number of para-hydroxylation sites is 1. The smallest absolute Gasteiger partial charge is 0.322 e. The molecular weight excluding hydrogens is 446 g/mol. The van der Waals surface area contributed by atoms with E-state index < -0.39 is 17.5 Å². The lowest BCUT2D eigenvalue weighted by Crippen LogP contribution is -2.55. The van der Waals surface area contributed by atoms with E-state index in [1.807, 2.05) is 36.4 Å². The summed E-state index contributed by atoms with van der Waals surface area (Å²) in [6, 6.07) is 12.1. The van der Waals surface area contributed by atoms with E-state index >= 15 is 0 Å². The number of allylic oxidation sites excluding steroid dienone is 4. The maximum absolute atomic E-state index is 13.1. The highest BCUT2D eigenvalue weighted by Crippen LogP contribution is 2.35. The Morgan fingerprint density at radius 1 is 1.06 bits per heavy atom. The second kappa shape index (κ2) is 8.94. The summed E-state index contributed by atoms with van der Waals surface area (Å²) >= 11 is 0. The number of hydrogen-bond donors (Lipinski definition) is 3. The molecule has 8 heteroatoms. The maximum Gasteiger partial charge on any atom is 0.322 e. The Morgan fingerprint density at radius 3 is 2.57 bits per heavy atom. The van der Waals surface area contributed by atoms with Crippen LogP contribution in [0.15, 0.2) is 60.2 Å². The SMILES string of the molecule is COc1ccc2c(c1)C(=O)N(C[C@@]1(CCC3=CC=C(c4ccccc4O)CC3)NC(=O)NC1=O)C2. The third kappa shape index (κ3) is 4.27. The average Bonchev–Trinajstić information content (AvgIpc) is 3.32. The third-order valence-electron chi connectivity index (χ3n) is 7.03. The number of carbonyl (C=O) groups is 3. The molecule has 0 saturated carbocycles. The van der Waals surface area contributed by atoms with Crippen molar-refractivity contribution in [3.63, 3.8) is 0 Å². The summed E-state index contributed by atoms with van der Waals surface area (Å²) in [5, 5.41) is 15.3. The monoisotopic (exact) mass is 473 g/mol. The van der Waals surface area contributed by atoms with E-state index in [0.717, 1.165) is 35.1 Å². The van der Waals surface area contributed by atoms with Gasteiger partial charge < -0.3 is 20.1 Å². The highest BCUT2D eigenvalue weighted by Gasteiger charge is 2.48. The van der Waals surface area contributed by atoms with Crippen LogP contribution >= 0.6 is 0 Å². The van der Waals surface area contributed by atoms with E-state index in [-0.39, 0.29) is 18.2 Å². The van der Waals surface area contributed by atoms with E-state index in [1.54, 1.807) is 30.2 Å². The number of phenols is 1. The van der Waals surface area contributed by atoms with Crippen molar-refractivity contribution in [2.75, 3.05) is 13.7 Å². The van der Waals surface area contributed by atoms with Gasteiger partial charge in [-0.05, 0) is 55.0 Å². The minimum Gasteiger partial charge on any atom is -0.507 e. The van der Waals surface area contributed by atoms with Crippen molar-refractivity contribution < 1.29 is 24.2 Å². The molecule has 3 aliphatic rings. The molecule has 1 fully saturated rings. The minimum atomic E-state index is -1.19. The van der Waals surface area contributed by atoms with Gasteiger partial charge in [0.1, 0.15) is 17.0 Å². The van der Waals surface area contributed by atoms with Gasteiger partial charge in [0.25, 0.3) is 11.8 Å².